The Morgan fingerprint density at radius 1 is 1.33 bits per heavy atom. The number of benzene rings is 1. The first-order valence-electron chi connectivity index (χ1n) is 9.00. The molecular formula is C19H21N5O3. The van der Waals surface area contributed by atoms with Gasteiger partial charge in [-0.2, -0.15) is 5.10 Å². The normalized spacial score (nSPS) is 17.4. The maximum absolute atomic E-state index is 13.0. The number of rotatable bonds is 4. The first kappa shape index (κ1) is 17.3. The van der Waals surface area contributed by atoms with Crippen LogP contribution in [0.25, 0.3) is 11.0 Å². The van der Waals surface area contributed by atoms with Crippen molar-refractivity contribution in [2.24, 2.45) is 0 Å². The van der Waals surface area contributed by atoms with Crippen molar-refractivity contribution in [1.29, 1.82) is 0 Å². The molecule has 2 N–H and O–H groups in total. The molecule has 8 heteroatoms. The zero-order chi connectivity index (χ0) is 19.0. The molecule has 1 aromatic carbocycles. The number of piperidine rings is 1. The minimum Gasteiger partial charge on any atom is -0.480 e. The summed E-state index contributed by atoms with van der Waals surface area (Å²) < 4.78 is 1.51. The minimum absolute atomic E-state index is 0.0156. The molecule has 8 nitrogen and oxygen atoms in total. The van der Waals surface area contributed by atoms with Gasteiger partial charge in [0.05, 0.1) is 11.0 Å². The molecule has 1 aliphatic heterocycles. The Labute approximate surface area is 155 Å². The quantitative estimate of drug-likeness (QED) is 0.735. The van der Waals surface area contributed by atoms with Gasteiger partial charge in [0.25, 0.3) is 5.91 Å². The van der Waals surface area contributed by atoms with Crippen molar-refractivity contribution in [1.82, 2.24) is 24.6 Å². The van der Waals surface area contributed by atoms with E-state index in [1.165, 1.54) is 4.68 Å². The summed E-state index contributed by atoms with van der Waals surface area (Å²) in [4.78, 5) is 33.4. The fraction of sp³-hybridized carbons (Fsp3) is 0.368. The number of amides is 1. The third-order valence-corrected chi connectivity index (χ3v) is 5.01. The van der Waals surface area contributed by atoms with Crippen molar-refractivity contribution in [2.45, 2.75) is 32.2 Å². The second kappa shape index (κ2) is 6.86. The van der Waals surface area contributed by atoms with Gasteiger partial charge in [-0.15, -0.1) is 0 Å². The van der Waals surface area contributed by atoms with Crippen LogP contribution in [0.15, 0.2) is 30.5 Å². The van der Waals surface area contributed by atoms with Gasteiger partial charge in [0.15, 0.2) is 0 Å². The highest BCUT2D eigenvalue weighted by Crippen LogP contribution is 2.28. The Hall–Kier alpha value is -3.16. The molecule has 1 atom stereocenters. The van der Waals surface area contributed by atoms with Gasteiger partial charge >= 0.3 is 5.97 Å². The summed E-state index contributed by atoms with van der Waals surface area (Å²) in [5, 5.41) is 13.2. The van der Waals surface area contributed by atoms with E-state index in [-0.39, 0.29) is 18.4 Å². The van der Waals surface area contributed by atoms with Crippen LogP contribution < -0.4 is 0 Å². The molecule has 1 saturated heterocycles. The van der Waals surface area contributed by atoms with Crippen molar-refractivity contribution in [2.75, 3.05) is 13.1 Å². The number of nitrogens with one attached hydrogen (secondary N) is 1. The smallest absolute Gasteiger partial charge is 0.325 e. The van der Waals surface area contributed by atoms with E-state index in [9.17, 15) is 9.59 Å². The largest absolute Gasteiger partial charge is 0.480 e. The molecule has 1 fully saturated rings. The zero-order valence-corrected chi connectivity index (χ0v) is 15.1. The molecule has 3 aromatic rings. The van der Waals surface area contributed by atoms with E-state index in [1.807, 2.05) is 36.1 Å². The number of aliphatic carboxylic acids is 1. The number of aromatic nitrogens is 4. The van der Waals surface area contributed by atoms with Gasteiger partial charge in [-0.05, 0) is 44.0 Å². The van der Waals surface area contributed by atoms with Crippen LogP contribution in [0, 0.1) is 6.92 Å². The average molecular weight is 367 g/mol. The number of likely N-dealkylation sites (tertiary alicyclic amines) is 1. The Balaban J connectivity index is 1.54. The molecule has 27 heavy (non-hydrogen) atoms. The van der Waals surface area contributed by atoms with Crippen molar-refractivity contribution in [3.05, 3.63) is 47.5 Å². The first-order chi connectivity index (χ1) is 13.0. The molecular weight excluding hydrogens is 346 g/mol. The van der Waals surface area contributed by atoms with E-state index >= 15 is 0 Å². The average Bonchev–Trinajstić information content (AvgIpc) is 3.25. The molecule has 0 unspecified atom stereocenters. The van der Waals surface area contributed by atoms with Crippen LogP contribution in [-0.2, 0) is 11.3 Å². The predicted octanol–water partition coefficient (Wildman–Crippen LogP) is 2.17. The number of H-pyrrole nitrogens is 1. The van der Waals surface area contributed by atoms with Gasteiger partial charge < -0.3 is 15.0 Å². The molecule has 1 amide bonds. The fourth-order valence-corrected chi connectivity index (χ4v) is 3.81. The van der Waals surface area contributed by atoms with Crippen LogP contribution in [0.3, 0.4) is 0 Å². The van der Waals surface area contributed by atoms with Gasteiger partial charge in [0.1, 0.15) is 12.4 Å². The summed E-state index contributed by atoms with van der Waals surface area (Å²) in [7, 11) is 0. The number of fused-ring (bicyclic) bond motifs is 1. The van der Waals surface area contributed by atoms with Crippen LogP contribution in [0.4, 0.5) is 0 Å². The molecule has 0 bridgehead atoms. The van der Waals surface area contributed by atoms with Crippen LogP contribution >= 0.6 is 0 Å². The van der Waals surface area contributed by atoms with E-state index in [2.05, 4.69) is 15.1 Å². The maximum Gasteiger partial charge on any atom is 0.325 e. The van der Waals surface area contributed by atoms with Crippen molar-refractivity contribution >= 4 is 22.9 Å². The number of imidazole rings is 1. The summed E-state index contributed by atoms with van der Waals surface area (Å²) in [5.41, 5.74) is 3.20. The van der Waals surface area contributed by atoms with Crippen LogP contribution in [0.2, 0.25) is 0 Å². The summed E-state index contributed by atoms with van der Waals surface area (Å²) >= 11 is 0. The Morgan fingerprint density at radius 3 is 3.00 bits per heavy atom. The van der Waals surface area contributed by atoms with E-state index in [0.717, 1.165) is 35.4 Å². The van der Waals surface area contributed by atoms with E-state index < -0.39 is 5.97 Å². The lowest BCUT2D eigenvalue weighted by Crippen LogP contribution is -2.39. The first-order valence-corrected chi connectivity index (χ1v) is 9.00. The standard InChI is InChI=1S/C19H21N5O3/c1-12-21-15-5-4-13(9-16(15)22-12)19(27)23-8-2-3-14(10-23)17-6-7-20-24(17)11-18(25)26/h4-7,9,14H,2-3,8,10-11H2,1H3,(H,21,22)(H,25,26)/t14-/m1/s1. The lowest BCUT2D eigenvalue weighted by atomic mass is 9.94. The van der Waals surface area contributed by atoms with Crippen LogP contribution in [0.1, 0.15) is 40.6 Å². The SMILES string of the molecule is Cc1nc2ccc(C(=O)N3CCC[C@@H](c4ccnn4CC(=O)O)C3)cc2[nH]1. The fourth-order valence-electron chi connectivity index (χ4n) is 3.81. The van der Waals surface area contributed by atoms with E-state index in [1.54, 1.807) is 6.20 Å². The zero-order valence-electron chi connectivity index (χ0n) is 15.1. The molecule has 140 valence electrons. The van der Waals surface area contributed by atoms with Gasteiger partial charge in [-0.25, -0.2) is 4.98 Å². The highest BCUT2D eigenvalue weighted by molar-refractivity contribution is 5.97. The summed E-state index contributed by atoms with van der Waals surface area (Å²) in [6.07, 6.45) is 3.40. The van der Waals surface area contributed by atoms with Gasteiger partial charge in [-0.3, -0.25) is 14.3 Å². The molecule has 0 aliphatic carbocycles. The second-order valence-electron chi connectivity index (χ2n) is 6.95. The van der Waals surface area contributed by atoms with E-state index in [4.69, 9.17) is 5.11 Å². The third-order valence-electron chi connectivity index (χ3n) is 5.01. The van der Waals surface area contributed by atoms with Crippen molar-refractivity contribution < 1.29 is 14.7 Å². The number of carbonyl (C=O) groups is 2. The molecule has 3 heterocycles. The second-order valence-corrected chi connectivity index (χ2v) is 6.95. The minimum atomic E-state index is -0.924. The third kappa shape index (κ3) is 3.42. The Bertz CT molecular complexity index is 1010. The number of carbonyl (C=O) groups excluding carboxylic acids is 1. The topological polar surface area (TPSA) is 104 Å². The highest BCUT2D eigenvalue weighted by Gasteiger charge is 2.28. The summed E-state index contributed by atoms with van der Waals surface area (Å²) in [6, 6.07) is 7.36. The van der Waals surface area contributed by atoms with Crippen molar-refractivity contribution in [3.63, 3.8) is 0 Å². The van der Waals surface area contributed by atoms with Crippen molar-refractivity contribution in [3.8, 4) is 0 Å². The number of nitrogens with zero attached hydrogens (tertiary/aromatic N) is 4. The molecule has 4 rings (SSSR count). The van der Waals surface area contributed by atoms with E-state index in [0.29, 0.717) is 18.7 Å². The van der Waals surface area contributed by atoms with Crippen LogP contribution in [-0.4, -0.2) is 54.7 Å². The highest BCUT2D eigenvalue weighted by atomic mass is 16.4. The number of aryl methyl sites for hydroxylation is 1. The molecule has 2 aromatic heterocycles. The number of hydrogen-bond donors (Lipinski definition) is 2. The maximum atomic E-state index is 13.0. The molecule has 1 aliphatic rings. The number of aromatic amines is 1. The number of carboxylic acids is 1. The predicted molar refractivity (Wildman–Crippen MR) is 98.6 cm³/mol. The molecule has 0 spiro atoms. The van der Waals surface area contributed by atoms with Crippen LogP contribution in [0.5, 0.6) is 0 Å². The summed E-state index contributed by atoms with van der Waals surface area (Å²) in [6.45, 7) is 2.98. The van der Waals surface area contributed by atoms with Gasteiger partial charge in [-0.1, -0.05) is 0 Å². The Kier molecular flexibility index (Phi) is 4.39. The molecule has 0 radical (unpaired) electrons. The Morgan fingerprint density at radius 2 is 2.19 bits per heavy atom. The monoisotopic (exact) mass is 367 g/mol. The number of hydrogen-bond acceptors (Lipinski definition) is 4. The lowest BCUT2D eigenvalue weighted by Gasteiger charge is -2.33. The van der Waals surface area contributed by atoms with Gasteiger partial charge in [0.2, 0.25) is 0 Å². The lowest BCUT2D eigenvalue weighted by molar-refractivity contribution is -0.137. The van der Waals surface area contributed by atoms with Gasteiger partial charge in [0, 0.05) is 36.5 Å². The molecule has 0 saturated carbocycles. The summed E-state index contributed by atoms with van der Waals surface area (Å²) in [5.74, 6) is -0.0352. The number of carboxylic acid groups (broad SMARTS) is 1.